The van der Waals surface area contributed by atoms with Crippen LogP contribution in [0.1, 0.15) is 21.5 Å². The molecule has 3 rings (SSSR count). The van der Waals surface area contributed by atoms with E-state index in [1.807, 2.05) is 23.1 Å². The molecule has 1 aromatic heterocycles. The van der Waals surface area contributed by atoms with Crippen LogP contribution >= 0.6 is 11.6 Å². The molecule has 5 nitrogen and oxygen atoms in total. The van der Waals surface area contributed by atoms with Crippen LogP contribution in [0.3, 0.4) is 0 Å². The van der Waals surface area contributed by atoms with Gasteiger partial charge in [0.05, 0.1) is 18.2 Å². The number of hydrogen-bond donors (Lipinski definition) is 1. The number of methoxy groups -OCH3 is 1. The first kappa shape index (κ1) is 20.4. The molecule has 0 saturated carbocycles. The molecule has 2 N–H and O–H groups in total. The van der Waals surface area contributed by atoms with Gasteiger partial charge in [-0.2, -0.15) is 13.2 Å². The van der Waals surface area contributed by atoms with Gasteiger partial charge in [0.25, 0.3) is 5.82 Å². The van der Waals surface area contributed by atoms with E-state index in [1.54, 1.807) is 6.07 Å². The highest BCUT2D eigenvalue weighted by atomic mass is 35.5. The predicted molar refractivity (Wildman–Crippen MR) is 97.4 cm³/mol. The lowest BCUT2D eigenvalue weighted by Crippen LogP contribution is -3.13. The van der Waals surface area contributed by atoms with Gasteiger partial charge < -0.3 is 9.64 Å². The average molecular weight is 416 g/mol. The number of rotatable bonds is 4. The maximum atomic E-state index is 12.8. The lowest BCUT2D eigenvalue weighted by Gasteiger charge is -2.28. The van der Waals surface area contributed by atoms with Gasteiger partial charge in [-0.15, -0.1) is 0 Å². The molecular weight excluding hydrogens is 395 g/mol. The molecule has 1 aromatic carbocycles. The van der Waals surface area contributed by atoms with Gasteiger partial charge >= 0.3 is 12.1 Å². The molecule has 0 aliphatic carbocycles. The summed E-state index contributed by atoms with van der Waals surface area (Å²) in [4.78, 5) is 17.6. The Labute approximate surface area is 165 Å². The number of aromatic amines is 1. The molecule has 9 heteroatoms. The number of benzene rings is 1. The number of hydrogen-bond acceptors (Lipinski definition) is 3. The number of ether oxygens (including phenoxy) is 1. The van der Waals surface area contributed by atoms with Crippen molar-refractivity contribution in [2.45, 2.75) is 12.7 Å². The Morgan fingerprint density at radius 1 is 1.29 bits per heavy atom. The number of H-pyrrole nitrogens is 1. The standard InChI is InChI=1S/C19H19ClF3N3O2/c1-28-18(27)14-4-2-3-13(9-14)12-25-5-7-26(8-6-25)17-16(20)10-15(11-24-17)19(21,22)23/h2-4,9-11H,5-8,12H2,1H3/p+2. The molecule has 0 radical (unpaired) electrons. The van der Waals surface area contributed by atoms with E-state index in [2.05, 4.69) is 4.98 Å². The first-order valence-corrected chi connectivity index (χ1v) is 9.20. The number of piperazine rings is 1. The number of halogens is 4. The van der Waals surface area contributed by atoms with Gasteiger partial charge in [-0.25, -0.2) is 14.7 Å². The summed E-state index contributed by atoms with van der Waals surface area (Å²) < 4.78 is 43.1. The van der Waals surface area contributed by atoms with Crippen LogP contribution in [-0.2, 0) is 17.5 Å². The number of esters is 1. The summed E-state index contributed by atoms with van der Waals surface area (Å²) in [7, 11) is 1.35. The van der Waals surface area contributed by atoms with Gasteiger partial charge in [0, 0.05) is 5.56 Å². The number of aromatic nitrogens is 1. The van der Waals surface area contributed by atoms with Crippen molar-refractivity contribution < 1.29 is 32.6 Å². The van der Waals surface area contributed by atoms with Gasteiger partial charge in [0.15, 0.2) is 0 Å². The summed E-state index contributed by atoms with van der Waals surface area (Å²) in [5.74, 6) is 0.135. The monoisotopic (exact) mass is 415 g/mol. The number of pyridine rings is 1. The third-order valence-corrected chi connectivity index (χ3v) is 5.08. The van der Waals surface area contributed by atoms with Crippen LogP contribution in [0.5, 0.6) is 0 Å². The molecule has 1 saturated heterocycles. The normalized spacial score (nSPS) is 15.5. The van der Waals surface area contributed by atoms with Gasteiger partial charge in [-0.05, 0) is 18.2 Å². The molecule has 0 unspecified atom stereocenters. The van der Waals surface area contributed by atoms with Crippen molar-refractivity contribution in [3.8, 4) is 0 Å². The summed E-state index contributed by atoms with van der Waals surface area (Å²) in [5, 5.41) is 0.0593. The zero-order valence-corrected chi connectivity index (χ0v) is 16.0. The predicted octanol–water partition coefficient (Wildman–Crippen LogP) is 1.86. The fourth-order valence-electron chi connectivity index (χ4n) is 3.31. The van der Waals surface area contributed by atoms with Crippen molar-refractivity contribution in [1.82, 2.24) is 0 Å². The Kier molecular flexibility index (Phi) is 6.10. The fourth-order valence-corrected chi connectivity index (χ4v) is 3.60. The lowest BCUT2D eigenvalue weighted by molar-refractivity contribution is -0.914. The second kappa shape index (κ2) is 8.36. The van der Waals surface area contributed by atoms with E-state index >= 15 is 0 Å². The summed E-state index contributed by atoms with van der Waals surface area (Å²) in [6, 6.07) is 8.28. The number of nitrogens with zero attached hydrogens (tertiary/aromatic N) is 1. The number of anilines is 1. The van der Waals surface area contributed by atoms with E-state index in [-0.39, 0.29) is 11.0 Å². The zero-order chi connectivity index (χ0) is 20.3. The topological polar surface area (TPSA) is 48.1 Å². The van der Waals surface area contributed by atoms with Crippen LogP contribution in [0, 0.1) is 0 Å². The summed E-state index contributed by atoms with van der Waals surface area (Å²) in [6.07, 6.45) is -3.49. The Morgan fingerprint density at radius 3 is 2.61 bits per heavy atom. The number of carbonyl (C=O) groups is 1. The second-order valence-electron chi connectivity index (χ2n) is 6.69. The van der Waals surface area contributed by atoms with Gasteiger partial charge in [0.2, 0.25) is 0 Å². The van der Waals surface area contributed by atoms with Crippen LogP contribution in [-0.4, -0.2) is 39.3 Å². The molecule has 28 heavy (non-hydrogen) atoms. The van der Waals surface area contributed by atoms with Crippen molar-refractivity contribution in [2.24, 2.45) is 0 Å². The van der Waals surface area contributed by atoms with E-state index < -0.39 is 11.7 Å². The first-order valence-electron chi connectivity index (χ1n) is 8.82. The van der Waals surface area contributed by atoms with Crippen LogP contribution < -0.4 is 14.8 Å². The molecular formula is C19H21ClF3N3O2+2. The SMILES string of the molecule is COC(=O)c1cccc(C[NH+]2CCN(c3[nH+]cc(C(F)(F)F)cc3Cl)CC2)c1. The minimum Gasteiger partial charge on any atom is -0.465 e. The molecule has 1 aliphatic rings. The second-order valence-corrected chi connectivity index (χ2v) is 7.10. The fraction of sp³-hybridized carbons (Fsp3) is 0.368. The molecule has 0 amide bonds. The molecule has 0 spiro atoms. The van der Waals surface area contributed by atoms with Crippen LogP contribution in [0.2, 0.25) is 5.02 Å². The Bertz CT molecular complexity index is 853. The van der Waals surface area contributed by atoms with E-state index in [0.29, 0.717) is 24.5 Å². The Morgan fingerprint density at radius 2 is 2.00 bits per heavy atom. The molecule has 0 bridgehead atoms. The van der Waals surface area contributed by atoms with Crippen molar-refractivity contribution in [3.05, 3.63) is 58.2 Å². The highest BCUT2D eigenvalue weighted by Gasteiger charge is 2.35. The summed E-state index contributed by atoms with van der Waals surface area (Å²) in [6.45, 7) is 3.67. The van der Waals surface area contributed by atoms with E-state index in [9.17, 15) is 18.0 Å². The maximum Gasteiger partial charge on any atom is 0.419 e. The smallest absolute Gasteiger partial charge is 0.419 e. The van der Waals surface area contributed by atoms with E-state index in [1.165, 1.54) is 12.0 Å². The quantitative estimate of drug-likeness (QED) is 0.775. The summed E-state index contributed by atoms with van der Waals surface area (Å²) in [5.41, 5.74) is 0.755. The molecule has 2 heterocycles. The number of carbonyl (C=O) groups excluding carboxylic acids is 1. The molecule has 1 fully saturated rings. The van der Waals surface area contributed by atoms with Crippen molar-refractivity contribution in [3.63, 3.8) is 0 Å². The van der Waals surface area contributed by atoms with Crippen molar-refractivity contribution in [1.29, 1.82) is 0 Å². The molecule has 1 aliphatic heterocycles. The molecule has 150 valence electrons. The lowest BCUT2D eigenvalue weighted by atomic mass is 10.1. The van der Waals surface area contributed by atoms with Crippen LogP contribution in [0.4, 0.5) is 19.0 Å². The number of quaternary nitrogens is 1. The summed E-state index contributed by atoms with van der Waals surface area (Å²) >= 11 is 6.07. The Balaban J connectivity index is 1.61. The third kappa shape index (κ3) is 4.74. The largest absolute Gasteiger partial charge is 0.465 e. The highest BCUT2D eigenvalue weighted by molar-refractivity contribution is 6.32. The molecule has 2 aromatic rings. The molecule has 0 atom stereocenters. The van der Waals surface area contributed by atoms with Gasteiger partial charge in [-0.1, -0.05) is 23.7 Å². The van der Waals surface area contributed by atoms with Crippen molar-refractivity contribution in [2.75, 3.05) is 38.2 Å². The van der Waals surface area contributed by atoms with Crippen LogP contribution in [0.25, 0.3) is 0 Å². The highest BCUT2D eigenvalue weighted by Crippen LogP contribution is 2.32. The zero-order valence-electron chi connectivity index (χ0n) is 15.3. The minimum absolute atomic E-state index is 0.0593. The number of nitrogens with one attached hydrogen (secondary N) is 2. The van der Waals surface area contributed by atoms with E-state index in [0.717, 1.165) is 37.5 Å². The Hall–Kier alpha value is -2.32. The van der Waals surface area contributed by atoms with E-state index in [4.69, 9.17) is 16.3 Å². The van der Waals surface area contributed by atoms with Crippen LogP contribution in [0.15, 0.2) is 36.5 Å². The van der Waals surface area contributed by atoms with Gasteiger partial charge in [0.1, 0.15) is 43.9 Å². The van der Waals surface area contributed by atoms with Crippen molar-refractivity contribution >= 4 is 23.4 Å². The average Bonchev–Trinajstić information content (AvgIpc) is 2.67. The van der Waals surface area contributed by atoms with Gasteiger partial charge in [-0.3, -0.25) is 0 Å². The first-order chi connectivity index (χ1) is 13.3. The maximum absolute atomic E-state index is 12.8. The minimum atomic E-state index is -4.43. The third-order valence-electron chi connectivity index (χ3n) is 4.79. The number of alkyl halides is 3.